The Hall–Kier alpha value is -5.01. The highest BCUT2D eigenvalue weighted by Crippen LogP contribution is 2.37. The number of anilines is 1. The van der Waals surface area contributed by atoms with Crippen LogP contribution < -0.4 is 22.0 Å². The Labute approximate surface area is 238 Å². The zero-order valence-electron chi connectivity index (χ0n) is 22.7. The highest BCUT2D eigenvalue weighted by molar-refractivity contribution is 5.97. The van der Waals surface area contributed by atoms with Crippen molar-refractivity contribution in [3.8, 4) is 0 Å². The molecule has 41 heavy (non-hydrogen) atoms. The topological polar surface area (TPSA) is 114 Å². The highest BCUT2D eigenvalue weighted by atomic mass is 16.4. The number of hydrogen-bond donors (Lipinski definition) is 3. The van der Waals surface area contributed by atoms with Gasteiger partial charge in [0.25, 0.3) is 0 Å². The number of fused-ring (bicyclic) bond motifs is 1. The molecule has 0 spiro atoms. The smallest absolute Gasteiger partial charge is 0.336 e. The van der Waals surface area contributed by atoms with Crippen LogP contribution in [0.25, 0.3) is 11.0 Å². The fourth-order valence-electron chi connectivity index (χ4n) is 5.11. The Morgan fingerprint density at radius 2 is 1.34 bits per heavy atom. The van der Waals surface area contributed by atoms with E-state index in [1.54, 1.807) is 18.2 Å². The van der Waals surface area contributed by atoms with Gasteiger partial charge in [0.15, 0.2) is 0 Å². The molecule has 7 heteroatoms. The predicted octanol–water partition coefficient (Wildman–Crippen LogP) is 5.26. The largest absolute Gasteiger partial charge is 0.423 e. The molecule has 1 aromatic heterocycles. The van der Waals surface area contributed by atoms with Gasteiger partial charge in [-0.2, -0.15) is 0 Å². The maximum Gasteiger partial charge on any atom is 0.336 e. The summed E-state index contributed by atoms with van der Waals surface area (Å²) in [7, 11) is 0. The molecule has 0 fully saturated rings. The SMILES string of the molecule is Cc1cc(=O)oc2cc(NC(=O)[C@@H](N)CCC(=O)NC(c3ccccc3)(c3ccccc3)c3ccccc3)ccc12. The van der Waals surface area contributed by atoms with E-state index >= 15 is 0 Å². The summed E-state index contributed by atoms with van der Waals surface area (Å²) in [5.74, 6) is -0.680. The van der Waals surface area contributed by atoms with Crippen LogP contribution in [0.2, 0.25) is 0 Å². The van der Waals surface area contributed by atoms with Crippen LogP contribution in [0.4, 0.5) is 5.69 Å². The van der Waals surface area contributed by atoms with Gasteiger partial charge in [0.1, 0.15) is 11.1 Å². The van der Waals surface area contributed by atoms with Crippen LogP contribution in [0.5, 0.6) is 0 Å². The lowest BCUT2D eigenvalue weighted by molar-refractivity contribution is -0.122. The van der Waals surface area contributed by atoms with E-state index in [1.807, 2.05) is 97.9 Å². The maximum absolute atomic E-state index is 13.5. The molecule has 0 bridgehead atoms. The van der Waals surface area contributed by atoms with Crippen LogP contribution in [-0.2, 0) is 15.1 Å². The molecule has 0 saturated carbocycles. The van der Waals surface area contributed by atoms with E-state index in [0.717, 1.165) is 27.6 Å². The van der Waals surface area contributed by atoms with Crippen molar-refractivity contribution in [2.24, 2.45) is 5.73 Å². The number of carbonyl (C=O) groups is 2. The molecule has 4 aromatic carbocycles. The summed E-state index contributed by atoms with van der Waals surface area (Å²) in [5, 5.41) is 6.83. The van der Waals surface area contributed by atoms with Gasteiger partial charge in [-0.15, -0.1) is 0 Å². The highest BCUT2D eigenvalue weighted by Gasteiger charge is 2.37. The van der Waals surface area contributed by atoms with Crippen LogP contribution in [-0.4, -0.2) is 17.9 Å². The summed E-state index contributed by atoms with van der Waals surface area (Å²) < 4.78 is 5.27. The molecule has 4 N–H and O–H groups in total. The van der Waals surface area contributed by atoms with Gasteiger partial charge in [0, 0.05) is 29.6 Å². The van der Waals surface area contributed by atoms with Gasteiger partial charge in [-0.3, -0.25) is 9.59 Å². The monoisotopic (exact) mass is 545 g/mol. The first-order valence-electron chi connectivity index (χ1n) is 13.5. The van der Waals surface area contributed by atoms with Crippen LogP contribution >= 0.6 is 0 Å². The minimum Gasteiger partial charge on any atom is -0.423 e. The number of benzene rings is 4. The normalized spacial score (nSPS) is 12.0. The van der Waals surface area contributed by atoms with Crippen LogP contribution in [0.15, 0.2) is 124 Å². The van der Waals surface area contributed by atoms with Crippen molar-refractivity contribution in [3.05, 3.63) is 148 Å². The van der Waals surface area contributed by atoms with Gasteiger partial charge in [0.05, 0.1) is 6.04 Å². The zero-order chi connectivity index (χ0) is 28.8. The summed E-state index contributed by atoms with van der Waals surface area (Å²) in [6.07, 6.45) is 0.169. The molecule has 0 aliphatic heterocycles. The molecule has 206 valence electrons. The van der Waals surface area contributed by atoms with E-state index in [4.69, 9.17) is 10.2 Å². The number of rotatable bonds is 9. The lowest BCUT2D eigenvalue weighted by Crippen LogP contribution is -2.48. The van der Waals surface area contributed by atoms with Crippen LogP contribution in [0, 0.1) is 6.92 Å². The average Bonchev–Trinajstić information content (AvgIpc) is 2.99. The van der Waals surface area contributed by atoms with Gasteiger partial charge >= 0.3 is 5.63 Å². The molecule has 1 heterocycles. The van der Waals surface area contributed by atoms with Gasteiger partial charge in [-0.25, -0.2) is 4.79 Å². The first kappa shape index (κ1) is 27.6. The molecular weight excluding hydrogens is 514 g/mol. The van der Waals surface area contributed by atoms with Crippen LogP contribution in [0.3, 0.4) is 0 Å². The van der Waals surface area contributed by atoms with Gasteiger partial charge in [-0.1, -0.05) is 91.0 Å². The first-order valence-corrected chi connectivity index (χ1v) is 13.5. The van der Waals surface area contributed by atoms with Gasteiger partial charge in [0.2, 0.25) is 11.8 Å². The molecule has 0 radical (unpaired) electrons. The second-order valence-corrected chi connectivity index (χ2v) is 9.99. The number of aryl methyl sites for hydroxylation is 1. The molecule has 5 aromatic rings. The number of nitrogens with two attached hydrogens (primary N) is 1. The molecule has 2 amide bonds. The third kappa shape index (κ3) is 5.95. The second-order valence-electron chi connectivity index (χ2n) is 9.99. The minimum absolute atomic E-state index is 0.0363. The van der Waals surface area contributed by atoms with Crippen molar-refractivity contribution in [1.82, 2.24) is 5.32 Å². The van der Waals surface area contributed by atoms with Gasteiger partial charge < -0.3 is 20.8 Å². The number of carbonyl (C=O) groups excluding carboxylic acids is 2. The predicted molar refractivity (Wildman–Crippen MR) is 160 cm³/mol. The van der Waals surface area contributed by atoms with E-state index in [9.17, 15) is 14.4 Å². The zero-order valence-corrected chi connectivity index (χ0v) is 22.7. The Morgan fingerprint density at radius 1 is 0.805 bits per heavy atom. The van der Waals surface area contributed by atoms with Crippen molar-refractivity contribution < 1.29 is 14.0 Å². The van der Waals surface area contributed by atoms with Crippen molar-refractivity contribution in [2.45, 2.75) is 31.3 Å². The molecule has 0 aliphatic carbocycles. The van der Waals surface area contributed by atoms with E-state index in [1.165, 1.54) is 6.07 Å². The maximum atomic E-state index is 13.5. The van der Waals surface area contributed by atoms with Crippen molar-refractivity contribution in [3.63, 3.8) is 0 Å². The molecule has 7 nitrogen and oxygen atoms in total. The average molecular weight is 546 g/mol. The molecular formula is C34H31N3O4. The Bertz CT molecular complexity index is 1620. The Morgan fingerprint density at radius 3 is 1.88 bits per heavy atom. The number of hydrogen-bond acceptors (Lipinski definition) is 5. The first-order chi connectivity index (χ1) is 19.9. The molecule has 5 rings (SSSR count). The van der Waals surface area contributed by atoms with Crippen molar-refractivity contribution >= 4 is 28.5 Å². The van der Waals surface area contributed by atoms with Gasteiger partial charge in [-0.05, 0) is 47.7 Å². The van der Waals surface area contributed by atoms with E-state index < -0.39 is 23.1 Å². The van der Waals surface area contributed by atoms with Crippen molar-refractivity contribution in [1.29, 1.82) is 0 Å². The van der Waals surface area contributed by atoms with Crippen molar-refractivity contribution in [2.75, 3.05) is 5.32 Å². The number of nitrogens with one attached hydrogen (secondary N) is 2. The summed E-state index contributed by atoms with van der Waals surface area (Å²) in [4.78, 5) is 38.2. The molecule has 0 saturated heterocycles. The minimum atomic E-state index is -0.944. The second kappa shape index (κ2) is 12.0. The molecule has 0 aliphatic rings. The summed E-state index contributed by atoms with van der Waals surface area (Å²) >= 11 is 0. The quantitative estimate of drug-likeness (QED) is 0.173. The van der Waals surface area contributed by atoms with E-state index in [0.29, 0.717) is 11.3 Å². The fraction of sp³-hybridized carbons (Fsp3) is 0.147. The Balaban J connectivity index is 1.34. The standard InChI is InChI=1S/C34H31N3O4/c1-23-21-32(39)41-30-22-27(17-18-28(23)30)36-33(40)29(35)19-20-31(38)37-34(24-11-5-2-6-12-24,25-13-7-3-8-14-25)26-15-9-4-10-16-26/h2-18,21-22,29H,19-20,35H2,1H3,(H,36,40)(H,37,38)/t29-/m0/s1. The van der Waals surface area contributed by atoms with Crippen LogP contribution in [0.1, 0.15) is 35.1 Å². The summed E-state index contributed by atoms with van der Waals surface area (Å²) in [5.41, 5.74) is 9.14. The number of amides is 2. The lowest BCUT2D eigenvalue weighted by Gasteiger charge is -2.37. The van der Waals surface area contributed by atoms with E-state index in [-0.39, 0.29) is 18.7 Å². The lowest BCUT2D eigenvalue weighted by atomic mass is 9.77. The summed E-state index contributed by atoms with van der Waals surface area (Å²) in [6, 6.07) is 35.0. The molecule has 1 atom stereocenters. The summed E-state index contributed by atoms with van der Waals surface area (Å²) in [6.45, 7) is 1.82. The van der Waals surface area contributed by atoms with E-state index in [2.05, 4.69) is 10.6 Å². The third-order valence-corrected chi connectivity index (χ3v) is 7.19. The molecule has 0 unspecified atom stereocenters. The Kier molecular flexibility index (Phi) is 8.08. The third-order valence-electron chi connectivity index (χ3n) is 7.19. The fourth-order valence-corrected chi connectivity index (χ4v) is 5.11.